The van der Waals surface area contributed by atoms with Gasteiger partial charge in [-0.15, -0.1) is 35.3 Å². The quantitative estimate of drug-likeness (QED) is 0.214. The Hall–Kier alpha value is -1.20. The third-order valence-corrected chi connectivity index (χ3v) is 4.72. The van der Waals surface area contributed by atoms with Crippen LogP contribution in [0.4, 0.5) is 0 Å². The number of carbonyl (C=O) groups excluding carboxylic acids is 1. The van der Waals surface area contributed by atoms with Crippen molar-refractivity contribution in [3.8, 4) is 0 Å². The molecule has 0 aliphatic heterocycles. The molecule has 2 aromatic rings. The Kier molecular flexibility index (Phi) is 10.7. The van der Waals surface area contributed by atoms with Gasteiger partial charge in [0, 0.05) is 48.5 Å². The number of carbonyl (C=O) groups is 1. The minimum absolute atomic E-state index is 0. The van der Waals surface area contributed by atoms with Crippen LogP contribution in [0.2, 0.25) is 0 Å². The molecular formula is C17H23BrIN5OS. The Morgan fingerprint density at radius 1 is 1.15 bits per heavy atom. The Morgan fingerprint density at radius 2 is 1.81 bits per heavy atom. The summed E-state index contributed by atoms with van der Waals surface area (Å²) in [5, 5.41) is 12.4. The maximum Gasteiger partial charge on any atom is 0.251 e. The number of benzene rings is 1. The van der Waals surface area contributed by atoms with E-state index in [0.29, 0.717) is 24.6 Å². The summed E-state index contributed by atoms with van der Waals surface area (Å²) in [6.07, 6.45) is 0.853. The smallest absolute Gasteiger partial charge is 0.251 e. The molecule has 0 atom stereocenters. The zero-order chi connectivity index (χ0) is 18.1. The number of rotatable bonds is 7. The molecule has 1 heterocycles. The molecule has 0 spiro atoms. The van der Waals surface area contributed by atoms with Crippen LogP contribution in [0.3, 0.4) is 0 Å². The zero-order valence-electron chi connectivity index (χ0n) is 14.7. The maximum atomic E-state index is 12.0. The largest absolute Gasteiger partial charge is 0.356 e. The summed E-state index contributed by atoms with van der Waals surface area (Å²) in [5.74, 6) is 0.626. The standard InChI is InChI=1S/C17H22BrN5OS.HI/c1-12-23-15(11-25-12)7-8-21-17(19-2)22-10-9-20-16(24)13-3-5-14(18)6-4-13;/h3-6,11H,7-10H2,1-2H3,(H,20,24)(H2,19,21,22);1H. The van der Waals surface area contributed by atoms with Crippen LogP contribution in [0.5, 0.6) is 0 Å². The van der Waals surface area contributed by atoms with E-state index in [1.165, 1.54) is 0 Å². The number of aryl methyl sites for hydroxylation is 1. The summed E-state index contributed by atoms with van der Waals surface area (Å²) in [6.45, 7) is 3.87. The Morgan fingerprint density at radius 3 is 2.42 bits per heavy atom. The zero-order valence-corrected chi connectivity index (χ0v) is 19.4. The molecule has 0 saturated carbocycles. The Labute approximate surface area is 183 Å². The van der Waals surface area contributed by atoms with E-state index in [0.717, 1.165) is 28.1 Å². The highest BCUT2D eigenvalue weighted by molar-refractivity contribution is 14.0. The van der Waals surface area contributed by atoms with Crippen LogP contribution in [-0.4, -0.2) is 43.5 Å². The van der Waals surface area contributed by atoms with Crippen molar-refractivity contribution in [2.24, 2.45) is 4.99 Å². The molecule has 26 heavy (non-hydrogen) atoms. The number of amides is 1. The van der Waals surface area contributed by atoms with Crippen LogP contribution in [0.15, 0.2) is 39.1 Å². The first-order valence-corrected chi connectivity index (χ1v) is 9.65. The van der Waals surface area contributed by atoms with Crippen molar-refractivity contribution in [2.45, 2.75) is 13.3 Å². The van der Waals surface area contributed by atoms with Crippen LogP contribution < -0.4 is 16.0 Å². The van der Waals surface area contributed by atoms with Gasteiger partial charge in [-0.2, -0.15) is 0 Å². The monoisotopic (exact) mass is 551 g/mol. The maximum absolute atomic E-state index is 12.0. The number of aliphatic imine (C=N–C) groups is 1. The van der Waals surface area contributed by atoms with Crippen LogP contribution in [0, 0.1) is 6.92 Å². The fourth-order valence-corrected chi connectivity index (χ4v) is 3.02. The van der Waals surface area contributed by atoms with Crippen molar-refractivity contribution in [3.63, 3.8) is 0 Å². The topological polar surface area (TPSA) is 78.4 Å². The summed E-state index contributed by atoms with van der Waals surface area (Å²) in [4.78, 5) is 20.6. The molecule has 0 radical (unpaired) electrons. The van der Waals surface area contributed by atoms with Crippen molar-refractivity contribution in [1.29, 1.82) is 0 Å². The molecule has 0 aliphatic carbocycles. The van der Waals surface area contributed by atoms with Gasteiger partial charge in [-0.3, -0.25) is 9.79 Å². The van der Waals surface area contributed by atoms with Gasteiger partial charge in [0.2, 0.25) is 0 Å². The number of nitrogens with zero attached hydrogens (tertiary/aromatic N) is 2. The molecule has 0 bridgehead atoms. The number of nitrogens with one attached hydrogen (secondary N) is 3. The molecule has 0 unspecified atom stereocenters. The van der Waals surface area contributed by atoms with Crippen LogP contribution >= 0.6 is 51.2 Å². The summed E-state index contributed by atoms with van der Waals surface area (Å²) < 4.78 is 0.952. The predicted molar refractivity (Wildman–Crippen MR) is 122 cm³/mol. The normalized spacial score (nSPS) is 10.8. The van der Waals surface area contributed by atoms with Crippen LogP contribution in [0.1, 0.15) is 21.1 Å². The van der Waals surface area contributed by atoms with E-state index in [2.05, 4.69) is 47.2 Å². The van der Waals surface area contributed by atoms with Crippen LogP contribution in [-0.2, 0) is 6.42 Å². The molecule has 3 N–H and O–H groups in total. The second-order valence-electron chi connectivity index (χ2n) is 5.30. The second-order valence-corrected chi connectivity index (χ2v) is 7.27. The molecule has 9 heteroatoms. The van der Waals surface area contributed by atoms with Crippen molar-refractivity contribution in [1.82, 2.24) is 20.9 Å². The van der Waals surface area contributed by atoms with Gasteiger partial charge in [-0.25, -0.2) is 4.98 Å². The van der Waals surface area contributed by atoms with Crippen molar-refractivity contribution < 1.29 is 4.79 Å². The lowest BCUT2D eigenvalue weighted by Crippen LogP contribution is -2.42. The molecular weight excluding hydrogens is 529 g/mol. The Balaban J connectivity index is 0.00000338. The third kappa shape index (κ3) is 8.00. The highest BCUT2D eigenvalue weighted by Gasteiger charge is 2.04. The predicted octanol–water partition coefficient (Wildman–Crippen LogP) is 2.97. The number of hydrogen-bond donors (Lipinski definition) is 3. The molecule has 142 valence electrons. The van der Waals surface area contributed by atoms with Gasteiger partial charge in [0.15, 0.2) is 5.96 Å². The molecule has 6 nitrogen and oxygen atoms in total. The van der Waals surface area contributed by atoms with Crippen molar-refractivity contribution in [2.75, 3.05) is 26.7 Å². The van der Waals surface area contributed by atoms with E-state index < -0.39 is 0 Å². The minimum atomic E-state index is -0.0869. The third-order valence-electron chi connectivity index (χ3n) is 3.37. The van der Waals surface area contributed by atoms with Crippen molar-refractivity contribution >= 4 is 63.1 Å². The van der Waals surface area contributed by atoms with Gasteiger partial charge in [-0.05, 0) is 31.2 Å². The number of halogens is 2. The lowest BCUT2D eigenvalue weighted by Gasteiger charge is -2.12. The van der Waals surface area contributed by atoms with E-state index in [4.69, 9.17) is 0 Å². The molecule has 1 aromatic carbocycles. The molecule has 0 saturated heterocycles. The average molecular weight is 552 g/mol. The minimum Gasteiger partial charge on any atom is -0.356 e. The lowest BCUT2D eigenvalue weighted by atomic mass is 10.2. The van der Waals surface area contributed by atoms with E-state index >= 15 is 0 Å². The summed E-state index contributed by atoms with van der Waals surface area (Å²) in [7, 11) is 1.72. The highest BCUT2D eigenvalue weighted by Crippen LogP contribution is 2.10. The average Bonchev–Trinajstić information content (AvgIpc) is 3.02. The number of hydrogen-bond acceptors (Lipinski definition) is 4. The van der Waals surface area contributed by atoms with Gasteiger partial charge in [0.05, 0.1) is 10.7 Å². The number of guanidine groups is 1. The first-order chi connectivity index (χ1) is 12.1. The van der Waals surface area contributed by atoms with E-state index in [1.807, 2.05) is 19.1 Å². The van der Waals surface area contributed by atoms with Gasteiger partial charge in [0.25, 0.3) is 5.91 Å². The first-order valence-electron chi connectivity index (χ1n) is 7.98. The summed E-state index contributed by atoms with van der Waals surface area (Å²) in [5.41, 5.74) is 1.73. The molecule has 1 aromatic heterocycles. The first kappa shape index (κ1) is 22.8. The fourth-order valence-electron chi connectivity index (χ4n) is 2.11. The SMILES string of the molecule is CN=C(NCCNC(=O)c1ccc(Br)cc1)NCCc1csc(C)n1.I. The number of thiazole rings is 1. The molecule has 0 fully saturated rings. The second kappa shape index (κ2) is 12.2. The summed E-state index contributed by atoms with van der Waals surface area (Å²) in [6, 6.07) is 7.27. The molecule has 2 rings (SSSR count). The van der Waals surface area contributed by atoms with E-state index in [-0.39, 0.29) is 29.9 Å². The van der Waals surface area contributed by atoms with Gasteiger partial charge >= 0.3 is 0 Å². The lowest BCUT2D eigenvalue weighted by molar-refractivity contribution is 0.0954. The highest BCUT2D eigenvalue weighted by atomic mass is 127. The van der Waals surface area contributed by atoms with Crippen molar-refractivity contribution in [3.05, 3.63) is 50.4 Å². The van der Waals surface area contributed by atoms with Gasteiger partial charge in [0.1, 0.15) is 0 Å². The van der Waals surface area contributed by atoms with Gasteiger partial charge < -0.3 is 16.0 Å². The number of aromatic nitrogens is 1. The van der Waals surface area contributed by atoms with E-state index in [9.17, 15) is 4.79 Å². The summed E-state index contributed by atoms with van der Waals surface area (Å²) >= 11 is 5.01. The van der Waals surface area contributed by atoms with Crippen LogP contribution in [0.25, 0.3) is 0 Å². The molecule has 1 amide bonds. The fraction of sp³-hybridized carbons (Fsp3) is 0.353. The Bertz CT molecular complexity index is 720. The molecule has 0 aliphatic rings. The van der Waals surface area contributed by atoms with Gasteiger partial charge in [-0.1, -0.05) is 15.9 Å². The van der Waals surface area contributed by atoms with E-state index in [1.54, 1.807) is 30.5 Å².